The Morgan fingerprint density at radius 1 is 1.20 bits per heavy atom. The molecule has 0 bridgehead atoms. The predicted octanol–water partition coefficient (Wildman–Crippen LogP) is 1.38. The van der Waals surface area contributed by atoms with Crippen molar-refractivity contribution in [2.75, 3.05) is 16.3 Å². The molecule has 0 unspecified atom stereocenters. The molecule has 20 heavy (non-hydrogen) atoms. The molecule has 0 saturated heterocycles. The second kappa shape index (κ2) is 4.89. The maximum absolute atomic E-state index is 12.0. The van der Waals surface area contributed by atoms with E-state index in [0.29, 0.717) is 5.69 Å². The molecule has 1 aromatic rings. The first-order valence-corrected chi connectivity index (χ1v) is 9.64. The summed E-state index contributed by atoms with van der Waals surface area (Å²) in [5, 5.41) is 1.08. The fourth-order valence-corrected chi connectivity index (χ4v) is 4.69. The van der Waals surface area contributed by atoms with E-state index in [9.17, 15) is 16.8 Å². The van der Waals surface area contributed by atoms with Crippen molar-refractivity contribution >= 4 is 25.5 Å². The van der Waals surface area contributed by atoms with Crippen LogP contribution in [0.2, 0.25) is 0 Å². The molecule has 0 aliphatic carbocycles. The van der Waals surface area contributed by atoms with E-state index in [0.717, 1.165) is 22.8 Å². The van der Waals surface area contributed by atoms with Crippen LogP contribution in [0, 0.1) is 13.8 Å². The normalized spacial score (nSPS) is 21.1. The van der Waals surface area contributed by atoms with Gasteiger partial charge in [-0.1, -0.05) is 6.07 Å². The Morgan fingerprint density at radius 3 is 2.30 bits per heavy atom. The summed E-state index contributed by atoms with van der Waals surface area (Å²) >= 11 is 0. The van der Waals surface area contributed by atoms with Gasteiger partial charge in [0.25, 0.3) is 0 Å². The summed E-state index contributed by atoms with van der Waals surface area (Å²) in [5.74, 6) is -0.215. The Hall–Kier alpha value is -1.34. The number of hydrogen-bond donors (Lipinski definition) is 0. The summed E-state index contributed by atoms with van der Waals surface area (Å²) in [7, 11) is -6.88. The lowest BCUT2D eigenvalue weighted by Crippen LogP contribution is -2.40. The molecule has 0 aromatic heterocycles. The van der Waals surface area contributed by atoms with Gasteiger partial charge in [0.05, 0.1) is 23.7 Å². The molecule has 0 amide bonds. The van der Waals surface area contributed by atoms with E-state index >= 15 is 0 Å². The third-order valence-corrected chi connectivity index (χ3v) is 5.89. The molecule has 7 heteroatoms. The Bertz CT molecular complexity index is 764. The number of benzene rings is 1. The first kappa shape index (κ1) is 15.1. The van der Waals surface area contributed by atoms with Gasteiger partial charge in [0, 0.05) is 5.41 Å². The van der Waals surface area contributed by atoms with Crippen LogP contribution in [0.25, 0.3) is 0 Å². The van der Waals surface area contributed by atoms with E-state index in [4.69, 9.17) is 0 Å². The van der Waals surface area contributed by atoms with Crippen LogP contribution in [0.15, 0.2) is 29.7 Å². The van der Waals surface area contributed by atoms with Crippen LogP contribution in [-0.2, 0) is 19.9 Å². The van der Waals surface area contributed by atoms with Crippen molar-refractivity contribution < 1.29 is 16.8 Å². The highest BCUT2D eigenvalue weighted by atomic mass is 32.2. The van der Waals surface area contributed by atoms with Crippen LogP contribution in [0.4, 0.5) is 5.69 Å². The van der Waals surface area contributed by atoms with Gasteiger partial charge in [0.1, 0.15) is 0 Å². The topological polar surface area (TPSA) is 71.5 Å². The zero-order valence-electron chi connectivity index (χ0n) is 11.6. The molecule has 1 heterocycles. The van der Waals surface area contributed by atoms with E-state index < -0.39 is 25.9 Å². The van der Waals surface area contributed by atoms with Gasteiger partial charge >= 0.3 is 0 Å². The highest BCUT2D eigenvalue weighted by molar-refractivity contribution is 7.95. The monoisotopic (exact) mass is 315 g/mol. The second-order valence-corrected chi connectivity index (χ2v) is 8.84. The first-order valence-electron chi connectivity index (χ1n) is 6.08. The van der Waals surface area contributed by atoms with Crippen LogP contribution >= 0.6 is 0 Å². The summed E-state index contributed by atoms with van der Waals surface area (Å²) in [6.07, 6.45) is 2.51. The maximum Gasteiger partial charge on any atom is 0.232 e. The van der Waals surface area contributed by atoms with E-state index in [-0.39, 0.29) is 5.75 Å². The van der Waals surface area contributed by atoms with Crippen LogP contribution in [0.5, 0.6) is 0 Å². The van der Waals surface area contributed by atoms with Crippen molar-refractivity contribution in [2.45, 2.75) is 19.9 Å². The predicted molar refractivity (Wildman–Crippen MR) is 80.0 cm³/mol. The standard InChI is InChI=1S/C13H17NO4S2/c1-10-4-5-12(8-11(10)2)14(19(3,15)16)13-6-7-20(17,18)9-13/h4-8,13H,9H2,1-3H3/t13-/m1/s1. The number of hydrogen-bond acceptors (Lipinski definition) is 4. The molecule has 110 valence electrons. The van der Waals surface area contributed by atoms with E-state index in [1.165, 1.54) is 10.4 Å². The maximum atomic E-state index is 12.0. The van der Waals surface area contributed by atoms with E-state index in [1.807, 2.05) is 19.9 Å². The lowest BCUT2D eigenvalue weighted by Gasteiger charge is -2.27. The summed E-state index contributed by atoms with van der Waals surface area (Å²) in [6, 6.07) is 4.60. The van der Waals surface area contributed by atoms with Gasteiger partial charge in [-0.2, -0.15) is 0 Å². The van der Waals surface area contributed by atoms with Gasteiger partial charge < -0.3 is 0 Å². The minimum absolute atomic E-state index is 0.215. The largest absolute Gasteiger partial charge is 0.263 e. The minimum atomic E-state index is -3.56. The zero-order valence-corrected chi connectivity index (χ0v) is 13.2. The first-order chi connectivity index (χ1) is 9.10. The number of nitrogens with zero attached hydrogens (tertiary/aromatic N) is 1. The minimum Gasteiger partial charge on any atom is -0.263 e. The van der Waals surface area contributed by atoms with Gasteiger partial charge in [0.2, 0.25) is 10.0 Å². The fourth-order valence-electron chi connectivity index (χ4n) is 2.20. The van der Waals surface area contributed by atoms with Crippen LogP contribution in [0.3, 0.4) is 0 Å². The molecule has 1 aromatic carbocycles. The van der Waals surface area contributed by atoms with Crippen molar-refractivity contribution in [1.29, 1.82) is 0 Å². The smallest absolute Gasteiger partial charge is 0.232 e. The summed E-state index contributed by atoms with van der Waals surface area (Å²) < 4.78 is 48.2. The molecule has 1 atom stereocenters. The van der Waals surface area contributed by atoms with Crippen molar-refractivity contribution in [3.8, 4) is 0 Å². The molecule has 0 radical (unpaired) electrons. The highest BCUT2D eigenvalue weighted by Crippen LogP contribution is 2.27. The van der Waals surface area contributed by atoms with Gasteiger partial charge in [-0.3, -0.25) is 4.31 Å². The summed E-state index contributed by atoms with van der Waals surface area (Å²) in [6.45, 7) is 3.82. The second-order valence-electron chi connectivity index (χ2n) is 5.05. The van der Waals surface area contributed by atoms with Gasteiger partial charge in [-0.15, -0.1) is 0 Å². The Labute approximate surface area is 119 Å². The van der Waals surface area contributed by atoms with Crippen molar-refractivity contribution in [2.24, 2.45) is 0 Å². The third-order valence-electron chi connectivity index (χ3n) is 3.31. The van der Waals surface area contributed by atoms with Crippen molar-refractivity contribution in [1.82, 2.24) is 0 Å². The molecule has 0 fully saturated rings. The zero-order chi connectivity index (χ0) is 15.1. The number of anilines is 1. The molecular formula is C13H17NO4S2. The molecule has 2 rings (SSSR count). The average Bonchev–Trinajstić information content (AvgIpc) is 2.62. The molecule has 1 aliphatic heterocycles. The van der Waals surface area contributed by atoms with E-state index in [2.05, 4.69) is 0 Å². The van der Waals surface area contributed by atoms with Gasteiger partial charge in [0.15, 0.2) is 9.84 Å². The SMILES string of the molecule is Cc1ccc(N([C@@H]2C=CS(=O)(=O)C2)S(C)(=O)=O)cc1C. The van der Waals surface area contributed by atoms with Gasteiger partial charge in [-0.05, 0) is 43.2 Å². The number of sulfone groups is 1. The number of rotatable bonds is 3. The fraction of sp³-hybridized carbons (Fsp3) is 0.385. The third kappa shape index (κ3) is 3.04. The van der Waals surface area contributed by atoms with Crippen LogP contribution in [-0.4, -0.2) is 34.9 Å². The molecule has 0 spiro atoms. The van der Waals surface area contributed by atoms with Crippen LogP contribution in [0.1, 0.15) is 11.1 Å². The Balaban J connectivity index is 2.50. The van der Waals surface area contributed by atoms with Gasteiger partial charge in [-0.25, -0.2) is 16.8 Å². The summed E-state index contributed by atoms with van der Waals surface area (Å²) in [4.78, 5) is 0. The molecular weight excluding hydrogens is 298 g/mol. The molecule has 0 N–H and O–H groups in total. The van der Waals surface area contributed by atoms with Crippen molar-refractivity contribution in [3.63, 3.8) is 0 Å². The van der Waals surface area contributed by atoms with Crippen molar-refractivity contribution in [3.05, 3.63) is 40.8 Å². The lowest BCUT2D eigenvalue weighted by molar-refractivity contribution is 0.591. The average molecular weight is 315 g/mol. The molecule has 5 nitrogen and oxygen atoms in total. The number of aryl methyl sites for hydroxylation is 2. The number of sulfonamides is 1. The highest BCUT2D eigenvalue weighted by Gasteiger charge is 2.32. The molecule has 1 aliphatic rings. The summed E-state index contributed by atoms with van der Waals surface area (Å²) in [5.41, 5.74) is 2.50. The molecule has 0 saturated carbocycles. The van der Waals surface area contributed by atoms with E-state index in [1.54, 1.807) is 12.1 Å². The Kier molecular flexibility index (Phi) is 3.68. The quantitative estimate of drug-likeness (QED) is 0.845. The lowest BCUT2D eigenvalue weighted by atomic mass is 10.1. The Morgan fingerprint density at radius 2 is 1.85 bits per heavy atom. The van der Waals surface area contributed by atoms with Crippen LogP contribution < -0.4 is 4.31 Å².